The van der Waals surface area contributed by atoms with Gasteiger partial charge in [0.2, 0.25) is 5.91 Å². The highest BCUT2D eigenvalue weighted by atomic mass is 32.2. The maximum Gasteiger partial charge on any atom is 0.262 e. The number of methoxy groups -OCH3 is 1. The average molecular weight is 461 g/mol. The van der Waals surface area contributed by atoms with E-state index in [4.69, 9.17) is 4.74 Å². The van der Waals surface area contributed by atoms with E-state index in [0.717, 1.165) is 31.6 Å². The van der Waals surface area contributed by atoms with Gasteiger partial charge >= 0.3 is 0 Å². The lowest BCUT2D eigenvalue weighted by Crippen LogP contribution is -2.46. The number of piperidine rings is 1. The average Bonchev–Trinajstić information content (AvgIpc) is 3.40. The Balaban J connectivity index is 1.38. The van der Waals surface area contributed by atoms with Crippen LogP contribution in [-0.2, 0) is 28.3 Å². The SMILES string of the molecule is COc1cccc(CC2CCCN2C(=O)C2CCN(S(=O)(=O)c3cn(C)c(C)n3)CC2)c1. The molecule has 1 atom stereocenters. The van der Waals surface area contributed by atoms with Crippen LogP contribution >= 0.6 is 0 Å². The third kappa shape index (κ3) is 4.54. The minimum absolute atomic E-state index is 0.0835. The molecule has 3 heterocycles. The summed E-state index contributed by atoms with van der Waals surface area (Å²) in [5, 5.41) is 0.0835. The Hall–Kier alpha value is -2.39. The van der Waals surface area contributed by atoms with Gasteiger partial charge in [0.25, 0.3) is 10.0 Å². The Morgan fingerprint density at radius 3 is 2.59 bits per heavy atom. The van der Waals surface area contributed by atoms with E-state index in [2.05, 4.69) is 11.1 Å². The molecule has 1 aromatic carbocycles. The van der Waals surface area contributed by atoms with Crippen LogP contribution in [0.25, 0.3) is 0 Å². The second-order valence-corrected chi connectivity index (χ2v) is 10.7. The minimum Gasteiger partial charge on any atom is -0.497 e. The molecule has 0 aliphatic carbocycles. The highest BCUT2D eigenvalue weighted by Crippen LogP contribution is 2.29. The van der Waals surface area contributed by atoms with E-state index in [1.807, 2.05) is 23.1 Å². The number of amides is 1. The van der Waals surface area contributed by atoms with Gasteiger partial charge in [0.1, 0.15) is 11.6 Å². The highest BCUT2D eigenvalue weighted by molar-refractivity contribution is 7.89. The van der Waals surface area contributed by atoms with Crippen molar-refractivity contribution in [2.24, 2.45) is 13.0 Å². The molecule has 0 radical (unpaired) electrons. The number of nitrogens with zero attached hydrogens (tertiary/aromatic N) is 4. The Morgan fingerprint density at radius 1 is 1.19 bits per heavy atom. The number of benzene rings is 1. The van der Waals surface area contributed by atoms with Crippen LogP contribution in [0.5, 0.6) is 5.75 Å². The lowest BCUT2D eigenvalue weighted by Gasteiger charge is -2.34. The smallest absolute Gasteiger partial charge is 0.262 e. The van der Waals surface area contributed by atoms with Crippen LogP contribution in [0.2, 0.25) is 0 Å². The van der Waals surface area contributed by atoms with Gasteiger partial charge in [-0.2, -0.15) is 4.31 Å². The number of aryl methyl sites for hydroxylation is 2. The lowest BCUT2D eigenvalue weighted by molar-refractivity contribution is -0.137. The van der Waals surface area contributed by atoms with Crippen LogP contribution in [-0.4, -0.2) is 65.9 Å². The molecular formula is C23H32N4O4S. The summed E-state index contributed by atoms with van der Waals surface area (Å²) in [6, 6.07) is 8.20. The minimum atomic E-state index is -3.63. The fourth-order valence-electron chi connectivity index (χ4n) is 4.77. The van der Waals surface area contributed by atoms with Gasteiger partial charge in [0.05, 0.1) is 7.11 Å². The molecule has 2 fully saturated rings. The van der Waals surface area contributed by atoms with Crippen LogP contribution in [0.1, 0.15) is 37.1 Å². The van der Waals surface area contributed by atoms with Gasteiger partial charge in [-0.1, -0.05) is 12.1 Å². The molecule has 8 nitrogen and oxygen atoms in total. The monoisotopic (exact) mass is 460 g/mol. The summed E-state index contributed by atoms with van der Waals surface area (Å²) in [6.45, 7) is 3.26. The van der Waals surface area contributed by atoms with Crippen molar-refractivity contribution in [1.29, 1.82) is 0 Å². The predicted octanol–water partition coefficient (Wildman–Crippen LogP) is 2.37. The largest absolute Gasteiger partial charge is 0.497 e. The Morgan fingerprint density at radius 2 is 1.94 bits per heavy atom. The van der Waals surface area contributed by atoms with Crippen LogP contribution in [0.4, 0.5) is 0 Å². The standard InChI is InChI=1S/C23H32N4O4S/c1-17-24-22(16-25(17)2)32(29,30)26-12-9-19(10-13-26)23(28)27-11-5-7-20(27)14-18-6-4-8-21(15-18)31-3/h4,6,8,15-16,19-20H,5,7,9-14H2,1-3H3. The molecule has 2 aromatic rings. The van der Waals surface area contributed by atoms with E-state index < -0.39 is 10.0 Å². The van der Waals surface area contributed by atoms with Gasteiger partial charge in [-0.15, -0.1) is 0 Å². The van der Waals surface area contributed by atoms with E-state index >= 15 is 0 Å². The van der Waals surface area contributed by atoms with Gasteiger partial charge in [-0.05, 0) is 56.7 Å². The first-order valence-corrected chi connectivity index (χ1v) is 12.7. The van der Waals surface area contributed by atoms with Crippen molar-refractivity contribution in [1.82, 2.24) is 18.8 Å². The first-order valence-electron chi connectivity index (χ1n) is 11.2. The van der Waals surface area contributed by atoms with Crippen molar-refractivity contribution in [3.8, 4) is 5.75 Å². The highest BCUT2D eigenvalue weighted by Gasteiger charge is 2.37. The molecule has 4 rings (SSSR count). The molecule has 0 spiro atoms. The normalized spacial score (nSPS) is 20.6. The Kier molecular flexibility index (Phi) is 6.57. The van der Waals surface area contributed by atoms with Crippen molar-refractivity contribution in [2.45, 2.75) is 50.1 Å². The van der Waals surface area contributed by atoms with Crippen LogP contribution in [0.3, 0.4) is 0 Å². The maximum absolute atomic E-state index is 13.3. The van der Waals surface area contributed by atoms with Crippen molar-refractivity contribution in [2.75, 3.05) is 26.7 Å². The molecule has 1 amide bonds. The summed E-state index contributed by atoms with van der Waals surface area (Å²) >= 11 is 0. The number of imidazole rings is 1. The molecule has 2 aliphatic rings. The number of hydrogen-bond acceptors (Lipinski definition) is 5. The van der Waals surface area contributed by atoms with Crippen LogP contribution in [0.15, 0.2) is 35.5 Å². The molecule has 0 N–H and O–H groups in total. The third-order valence-electron chi connectivity index (χ3n) is 6.76. The molecule has 1 unspecified atom stereocenters. The zero-order valence-electron chi connectivity index (χ0n) is 19.0. The van der Waals surface area contributed by atoms with Crippen molar-refractivity contribution in [3.05, 3.63) is 41.9 Å². The molecule has 0 bridgehead atoms. The first-order chi connectivity index (χ1) is 15.3. The summed E-state index contributed by atoms with van der Waals surface area (Å²) < 4.78 is 34.4. The van der Waals surface area contributed by atoms with E-state index in [1.54, 1.807) is 31.8 Å². The number of hydrogen-bond donors (Lipinski definition) is 0. The fourth-order valence-corrected chi connectivity index (χ4v) is 6.26. The van der Waals surface area contributed by atoms with Crippen molar-refractivity contribution in [3.63, 3.8) is 0 Å². The molecule has 0 saturated carbocycles. The molecule has 2 aliphatic heterocycles. The number of rotatable bonds is 6. The quantitative estimate of drug-likeness (QED) is 0.661. The number of likely N-dealkylation sites (tertiary alicyclic amines) is 1. The van der Waals surface area contributed by atoms with Crippen molar-refractivity contribution >= 4 is 15.9 Å². The summed E-state index contributed by atoms with van der Waals surface area (Å²) in [5.41, 5.74) is 1.17. The van der Waals surface area contributed by atoms with Gasteiger partial charge in [-0.3, -0.25) is 4.79 Å². The maximum atomic E-state index is 13.3. The lowest BCUT2D eigenvalue weighted by atomic mass is 9.95. The van der Waals surface area contributed by atoms with E-state index in [9.17, 15) is 13.2 Å². The molecule has 2 saturated heterocycles. The number of ether oxygens (including phenoxy) is 1. The van der Waals surface area contributed by atoms with E-state index in [0.29, 0.717) is 31.8 Å². The Bertz CT molecular complexity index is 1050. The number of carbonyl (C=O) groups excluding carboxylic acids is 1. The van der Waals surface area contributed by atoms with Gasteiger partial charge in [-0.25, -0.2) is 13.4 Å². The van der Waals surface area contributed by atoms with Crippen molar-refractivity contribution < 1.29 is 17.9 Å². The number of aromatic nitrogens is 2. The van der Waals surface area contributed by atoms with E-state index in [1.165, 1.54) is 9.87 Å². The van der Waals surface area contributed by atoms with Gasteiger partial charge in [0.15, 0.2) is 5.03 Å². The fraction of sp³-hybridized carbons (Fsp3) is 0.565. The molecular weight excluding hydrogens is 428 g/mol. The Labute approximate surface area is 190 Å². The summed E-state index contributed by atoms with van der Waals surface area (Å²) in [4.78, 5) is 19.5. The summed E-state index contributed by atoms with van der Waals surface area (Å²) in [5.74, 6) is 1.53. The predicted molar refractivity (Wildman–Crippen MR) is 121 cm³/mol. The van der Waals surface area contributed by atoms with Gasteiger partial charge < -0.3 is 14.2 Å². The first kappa shape index (κ1) is 22.8. The topological polar surface area (TPSA) is 84.7 Å². The molecule has 174 valence electrons. The number of sulfonamides is 1. The molecule has 32 heavy (non-hydrogen) atoms. The third-order valence-corrected chi connectivity index (χ3v) is 8.53. The summed E-state index contributed by atoms with van der Waals surface area (Å²) in [6.07, 6.45) is 5.46. The second-order valence-electron chi connectivity index (χ2n) is 8.80. The van der Waals surface area contributed by atoms with E-state index in [-0.39, 0.29) is 22.9 Å². The zero-order valence-corrected chi connectivity index (χ0v) is 19.8. The van der Waals surface area contributed by atoms with Crippen LogP contribution < -0.4 is 4.74 Å². The second kappa shape index (κ2) is 9.23. The van der Waals surface area contributed by atoms with Crippen LogP contribution in [0, 0.1) is 12.8 Å². The molecule has 1 aromatic heterocycles. The number of carbonyl (C=O) groups is 1. The van der Waals surface area contributed by atoms with Gasteiger partial charge in [0, 0.05) is 44.8 Å². The summed E-state index contributed by atoms with van der Waals surface area (Å²) in [7, 11) is -0.185. The molecule has 9 heteroatoms. The zero-order chi connectivity index (χ0) is 22.9.